The maximum atomic E-state index is 6.08. The zero-order valence-electron chi connectivity index (χ0n) is 10.6. The van der Waals surface area contributed by atoms with Crippen LogP contribution in [0.25, 0.3) is 0 Å². The summed E-state index contributed by atoms with van der Waals surface area (Å²) >= 11 is 0. The third-order valence-corrected chi connectivity index (χ3v) is 3.15. The fraction of sp³-hybridized carbons (Fsp3) is 0.571. The van der Waals surface area contributed by atoms with E-state index in [-0.39, 0.29) is 12.1 Å². The number of hydrogen-bond acceptors (Lipinski definition) is 3. The van der Waals surface area contributed by atoms with Crippen molar-refractivity contribution >= 4 is 0 Å². The molecule has 2 N–H and O–H groups in total. The molecular weight excluding hydrogens is 214 g/mol. The number of nitrogens with two attached hydrogens (primary N) is 1. The van der Waals surface area contributed by atoms with Crippen molar-refractivity contribution in [3.05, 3.63) is 35.4 Å². The van der Waals surface area contributed by atoms with Crippen LogP contribution in [0.15, 0.2) is 24.3 Å². The lowest BCUT2D eigenvalue weighted by molar-refractivity contribution is -0.131. The van der Waals surface area contributed by atoms with E-state index in [9.17, 15) is 0 Å². The third-order valence-electron chi connectivity index (χ3n) is 3.15. The van der Waals surface area contributed by atoms with Crippen molar-refractivity contribution in [1.29, 1.82) is 0 Å². The molecule has 1 aromatic carbocycles. The van der Waals surface area contributed by atoms with Crippen LogP contribution in [0.1, 0.15) is 36.9 Å². The highest BCUT2D eigenvalue weighted by Crippen LogP contribution is 2.18. The largest absolute Gasteiger partial charge is 0.376 e. The smallest absolute Gasteiger partial charge is 0.104 e. The van der Waals surface area contributed by atoms with Gasteiger partial charge in [0.05, 0.1) is 25.9 Å². The summed E-state index contributed by atoms with van der Waals surface area (Å²) < 4.78 is 10.7. The van der Waals surface area contributed by atoms with E-state index in [1.807, 2.05) is 0 Å². The molecule has 2 rings (SSSR count). The van der Waals surface area contributed by atoms with E-state index < -0.39 is 0 Å². The van der Waals surface area contributed by atoms with Gasteiger partial charge in [0.2, 0.25) is 0 Å². The zero-order chi connectivity index (χ0) is 12.3. The highest BCUT2D eigenvalue weighted by atomic mass is 16.6. The van der Waals surface area contributed by atoms with Gasteiger partial charge in [-0.1, -0.05) is 38.1 Å². The molecule has 1 atom stereocenters. The van der Waals surface area contributed by atoms with Crippen molar-refractivity contribution in [2.45, 2.75) is 31.9 Å². The third kappa shape index (κ3) is 3.28. The van der Waals surface area contributed by atoms with Crippen molar-refractivity contribution in [3.8, 4) is 0 Å². The average Bonchev–Trinajstić information content (AvgIpc) is 2.27. The normalized spacial score (nSPS) is 18.1. The van der Waals surface area contributed by atoms with Crippen LogP contribution in [0.4, 0.5) is 0 Å². The molecule has 3 heteroatoms. The molecule has 1 aliphatic rings. The Balaban J connectivity index is 1.86. The average molecular weight is 235 g/mol. The van der Waals surface area contributed by atoms with Crippen LogP contribution in [0, 0.1) is 0 Å². The standard InChI is InChI=1S/C14H21NO2/c1-10(2)11-3-5-12(6-4-11)14(15)9-17-13-7-16-8-13/h3-6,10,13-14H,7-9,15H2,1-2H3. The van der Waals surface area contributed by atoms with Gasteiger partial charge in [-0.2, -0.15) is 0 Å². The molecule has 1 aliphatic heterocycles. The Morgan fingerprint density at radius 1 is 1.24 bits per heavy atom. The van der Waals surface area contributed by atoms with E-state index >= 15 is 0 Å². The zero-order valence-corrected chi connectivity index (χ0v) is 10.6. The predicted octanol–water partition coefficient (Wildman–Crippen LogP) is 2.23. The van der Waals surface area contributed by atoms with Crippen molar-refractivity contribution < 1.29 is 9.47 Å². The quantitative estimate of drug-likeness (QED) is 0.851. The Morgan fingerprint density at radius 3 is 2.29 bits per heavy atom. The van der Waals surface area contributed by atoms with Gasteiger partial charge in [-0.25, -0.2) is 0 Å². The van der Waals surface area contributed by atoms with Gasteiger partial charge in [0.15, 0.2) is 0 Å². The van der Waals surface area contributed by atoms with Crippen LogP contribution in [-0.2, 0) is 9.47 Å². The Labute approximate surface area is 103 Å². The first-order valence-electron chi connectivity index (χ1n) is 6.21. The Kier molecular flexibility index (Phi) is 4.15. The van der Waals surface area contributed by atoms with E-state index in [4.69, 9.17) is 15.2 Å². The van der Waals surface area contributed by atoms with Gasteiger partial charge < -0.3 is 15.2 Å². The van der Waals surface area contributed by atoms with Gasteiger partial charge in [0, 0.05) is 0 Å². The summed E-state index contributed by atoms with van der Waals surface area (Å²) in [5.74, 6) is 0.559. The fourth-order valence-electron chi connectivity index (χ4n) is 1.77. The molecule has 1 saturated heterocycles. The van der Waals surface area contributed by atoms with Crippen LogP contribution >= 0.6 is 0 Å². The minimum atomic E-state index is -0.0446. The van der Waals surface area contributed by atoms with Gasteiger partial charge in [0.1, 0.15) is 6.10 Å². The molecule has 1 aromatic rings. The molecule has 0 spiro atoms. The summed E-state index contributed by atoms with van der Waals surface area (Å²) in [4.78, 5) is 0. The molecule has 0 radical (unpaired) electrons. The number of rotatable bonds is 5. The van der Waals surface area contributed by atoms with Gasteiger partial charge in [-0.15, -0.1) is 0 Å². The number of ether oxygens (including phenoxy) is 2. The molecule has 1 unspecified atom stereocenters. The number of benzene rings is 1. The first-order valence-corrected chi connectivity index (χ1v) is 6.21. The summed E-state index contributed by atoms with van der Waals surface area (Å²) in [5, 5.41) is 0. The summed E-state index contributed by atoms with van der Waals surface area (Å²) in [6.45, 7) is 6.36. The molecule has 1 fully saturated rings. The molecule has 3 nitrogen and oxygen atoms in total. The lowest BCUT2D eigenvalue weighted by Gasteiger charge is -2.27. The predicted molar refractivity (Wildman–Crippen MR) is 68.0 cm³/mol. The van der Waals surface area contributed by atoms with Crippen LogP contribution < -0.4 is 5.73 Å². The van der Waals surface area contributed by atoms with Crippen LogP contribution in [0.3, 0.4) is 0 Å². The highest BCUT2D eigenvalue weighted by Gasteiger charge is 2.20. The fourth-order valence-corrected chi connectivity index (χ4v) is 1.77. The van der Waals surface area contributed by atoms with E-state index in [1.54, 1.807) is 0 Å². The summed E-state index contributed by atoms with van der Waals surface area (Å²) in [6.07, 6.45) is 0.246. The van der Waals surface area contributed by atoms with Gasteiger partial charge in [-0.3, -0.25) is 0 Å². The lowest BCUT2D eigenvalue weighted by atomic mass is 9.99. The second kappa shape index (κ2) is 5.63. The van der Waals surface area contributed by atoms with Crippen molar-refractivity contribution in [2.24, 2.45) is 5.73 Å². The van der Waals surface area contributed by atoms with Crippen molar-refractivity contribution in [3.63, 3.8) is 0 Å². The van der Waals surface area contributed by atoms with Crippen LogP contribution in [-0.4, -0.2) is 25.9 Å². The molecule has 0 amide bonds. The first-order chi connectivity index (χ1) is 8.16. The minimum absolute atomic E-state index is 0.0446. The highest BCUT2D eigenvalue weighted by molar-refractivity contribution is 5.26. The lowest BCUT2D eigenvalue weighted by Crippen LogP contribution is -2.37. The second-order valence-electron chi connectivity index (χ2n) is 4.92. The minimum Gasteiger partial charge on any atom is -0.376 e. The summed E-state index contributed by atoms with van der Waals surface area (Å²) in [6, 6.07) is 8.44. The van der Waals surface area contributed by atoms with Crippen molar-refractivity contribution in [1.82, 2.24) is 0 Å². The maximum absolute atomic E-state index is 6.08. The number of hydrogen-bond donors (Lipinski definition) is 1. The van der Waals surface area contributed by atoms with Gasteiger partial charge >= 0.3 is 0 Å². The van der Waals surface area contributed by atoms with Crippen molar-refractivity contribution in [2.75, 3.05) is 19.8 Å². The molecule has 0 bridgehead atoms. The molecule has 17 heavy (non-hydrogen) atoms. The Bertz CT molecular complexity index is 344. The van der Waals surface area contributed by atoms with Crippen LogP contribution in [0.5, 0.6) is 0 Å². The molecule has 0 aliphatic carbocycles. The Morgan fingerprint density at radius 2 is 1.82 bits per heavy atom. The van der Waals surface area contributed by atoms with E-state index in [2.05, 4.69) is 38.1 Å². The second-order valence-corrected chi connectivity index (χ2v) is 4.92. The van der Waals surface area contributed by atoms with Crippen LogP contribution in [0.2, 0.25) is 0 Å². The monoisotopic (exact) mass is 235 g/mol. The molecule has 94 valence electrons. The van der Waals surface area contributed by atoms with Gasteiger partial charge in [-0.05, 0) is 17.0 Å². The summed E-state index contributed by atoms with van der Waals surface area (Å²) in [5.41, 5.74) is 8.56. The topological polar surface area (TPSA) is 44.5 Å². The van der Waals surface area contributed by atoms with Gasteiger partial charge in [0.25, 0.3) is 0 Å². The SMILES string of the molecule is CC(C)c1ccc(C(N)COC2COC2)cc1. The molecule has 0 aromatic heterocycles. The first kappa shape index (κ1) is 12.6. The van der Waals surface area contributed by atoms with E-state index in [1.165, 1.54) is 5.56 Å². The Hall–Kier alpha value is -0.900. The summed E-state index contributed by atoms with van der Waals surface area (Å²) in [7, 11) is 0. The maximum Gasteiger partial charge on any atom is 0.104 e. The molecule has 1 heterocycles. The molecular formula is C14H21NO2. The molecule has 0 saturated carbocycles. The van der Waals surface area contributed by atoms with E-state index in [0.717, 1.165) is 5.56 Å². The van der Waals surface area contributed by atoms with E-state index in [0.29, 0.717) is 25.7 Å².